The number of halogens is 7. The molecule has 17 heteroatoms. The van der Waals surface area contributed by atoms with Crippen LogP contribution in [0.25, 0.3) is 0 Å². The van der Waals surface area contributed by atoms with E-state index < -0.39 is 79.2 Å². The molecule has 0 fully saturated rings. The molecule has 0 aliphatic carbocycles. The number of nitro groups is 2. The van der Waals surface area contributed by atoms with E-state index in [9.17, 15) is 55.8 Å². The fraction of sp³-hybridized carbons (Fsp3) is 0.235. The van der Waals surface area contributed by atoms with Crippen LogP contribution in [0.5, 0.6) is 5.75 Å². The normalized spacial score (nSPS) is 12.2. The molecular formula is C17H10F7N3O6S. The van der Waals surface area contributed by atoms with E-state index in [1.165, 1.54) is 0 Å². The van der Waals surface area contributed by atoms with Crippen molar-refractivity contribution in [1.29, 1.82) is 0 Å². The lowest BCUT2D eigenvalue weighted by Crippen LogP contribution is -2.49. The summed E-state index contributed by atoms with van der Waals surface area (Å²) in [5, 5.41) is 18.1. The highest BCUT2D eigenvalue weighted by Crippen LogP contribution is 2.54. The number of hydrogen-bond donors (Lipinski definition) is 1. The van der Waals surface area contributed by atoms with Gasteiger partial charge in [0.05, 0.1) is 21.6 Å². The fourth-order valence-electron chi connectivity index (χ4n) is 2.24. The standard InChI is InChI=1S/C17H10F7N3O6S/c18-15(19,16(20,21)22)17(23,24)34-13-4-2-1-3-10(13)25-14(28)8-33-12-6-5-9(26(29)30)7-11(12)27(31)32/h1-7H,8H2,(H,25,28). The van der Waals surface area contributed by atoms with E-state index in [1.807, 2.05) is 5.32 Å². The van der Waals surface area contributed by atoms with Crippen molar-refractivity contribution in [1.82, 2.24) is 0 Å². The summed E-state index contributed by atoms with van der Waals surface area (Å²) in [4.78, 5) is 31.0. The van der Waals surface area contributed by atoms with Crippen LogP contribution in [0.3, 0.4) is 0 Å². The minimum Gasteiger partial charge on any atom is -0.477 e. The van der Waals surface area contributed by atoms with Gasteiger partial charge in [-0.25, -0.2) is 0 Å². The molecule has 2 rings (SSSR count). The van der Waals surface area contributed by atoms with Crippen molar-refractivity contribution < 1.29 is 50.1 Å². The zero-order valence-electron chi connectivity index (χ0n) is 16.1. The number of nitrogens with zero attached hydrogens (tertiary/aromatic N) is 2. The Labute approximate surface area is 188 Å². The minimum atomic E-state index is -6.55. The number of carbonyl (C=O) groups is 1. The highest BCUT2D eigenvalue weighted by Gasteiger charge is 2.73. The third-order valence-electron chi connectivity index (χ3n) is 3.83. The van der Waals surface area contributed by atoms with Crippen molar-refractivity contribution in [2.45, 2.75) is 22.2 Å². The Morgan fingerprint density at radius 2 is 1.59 bits per heavy atom. The molecule has 184 valence electrons. The average Bonchev–Trinajstić information content (AvgIpc) is 2.72. The summed E-state index contributed by atoms with van der Waals surface area (Å²) in [5.41, 5.74) is -2.09. The Balaban J connectivity index is 2.17. The maximum atomic E-state index is 13.7. The molecule has 0 atom stereocenters. The third kappa shape index (κ3) is 5.83. The molecule has 0 aromatic heterocycles. The Bertz CT molecular complexity index is 1110. The maximum Gasteiger partial charge on any atom is 0.460 e. The smallest absolute Gasteiger partial charge is 0.460 e. The highest BCUT2D eigenvalue weighted by atomic mass is 32.2. The zero-order valence-corrected chi connectivity index (χ0v) is 17.0. The van der Waals surface area contributed by atoms with Crippen LogP contribution in [-0.4, -0.2) is 39.7 Å². The summed E-state index contributed by atoms with van der Waals surface area (Å²) >= 11 is -1.14. The van der Waals surface area contributed by atoms with Gasteiger partial charge in [0.15, 0.2) is 12.4 Å². The second-order valence-electron chi connectivity index (χ2n) is 6.19. The molecule has 0 radical (unpaired) electrons. The number of para-hydroxylation sites is 1. The van der Waals surface area contributed by atoms with Crippen LogP contribution in [0.4, 0.5) is 47.8 Å². The van der Waals surface area contributed by atoms with E-state index in [-0.39, 0.29) is 0 Å². The van der Waals surface area contributed by atoms with Crippen LogP contribution in [0.2, 0.25) is 0 Å². The first kappa shape index (κ1) is 26.6. The van der Waals surface area contributed by atoms with Gasteiger partial charge in [0.1, 0.15) is 0 Å². The van der Waals surface area contributed by atoms with Gasteiger partial charge < -0.3 is 10.1 Å². The van der Waals surface area contributed by atoms with Gasteiger partial charge in [-0.3, -0.25) is 25.0 Å². The SMILES string of the molecule is O=C(COc1ccc([N+](=O)[O-])cc1[N+](=O)[O-])Nc1ccccc1SC(F)(F)C(F)(F)C(F)(F)F. The molecule has 34 heavy (non-hydrogen) atoms. The number of amides is 1. The molecule has 1 amide bonds. The van der Waals surface area contributed by atoms with Gasteiger partial charge in [0, 0.05) is 11.0 Å². The first-order chi connectivity index (χ1) is 15.6. The van der Waals surface area contributed by atoms with E-state index in [0.717, 1.165) is 36.4 Å². The maximum absolute atomic E-state index is 13.7. The van der Waals surface area contributed by atoms with Crippen LogP contribution in [0, 0.1) is 20.2 Å². The van der Waals surface area contributed by atoms with Crippen LogP contribution in [0.15, 0.2) is 47.4 Å². The van der Waals surface area contributed by atoms with E-state index in [1.54, 1.807) is 0 Å². The monoisotopic (exact) mass is 517 g/mol. The molecule has 0 unspecified atom stereocenters. The van der Waals surface area contributed by atoms with E-state index in [2.05, 4.69) is 0 Å². The lowest BCUT2D eigenvalue weighted by atomic mass is 10.2. The molecule has 0 saturated heterocycles. The number of anilines is 1. The summed E-state index contributed by atoms with van der Waals surface area (Å²) < 4.78 is 95.8. The summed E-state index contributed by atoms with van der Waals surface area (Å²) in [7, 11) is 0. The van der Waals surface area contributed by atoms with Crippen LogP contribution >= 0.6 is 11.8 Å². The molecular weight excluding hydrogens is 507 g/mol. The quantitative estimate of drug-likeness (QED) is 0.204. The number of rotatable bonds is 9. The number of benzene rings is 2. The molecule has 0 aliphatic rings. The summed E-state index contributed by atoms with van der Waals surface area (Å²) in [6, 6.07) is 6.10. The fourth-order valence-corrected chi connectivity index (χ4v) is 3.14. The Kier molecular flexibility index (Phi) is 7.59. The van der Waals surface area contributed by atoms with Crippen LogP contribution < -0.4 is 10.1 Å². The van der Waals surface area contributed by atoms with Crippen molar-refractivity contribution >= 4 is 34.7 Å². The number of nitrogens with one attached hydrogen (secondary N) is 1. The minimum absolute atomic E-state index is 0.558. The second-order valence-corrected chi connectivity index (χ2v) is 7.35. The third-order valence-corrected chi connectivity index (χ3v) is 4.92. The number of non-ortho nitro benzene ring substituents is 1. The zero-order chi connectivity index (χ0) is 25.9. The van der Waals surface area contributed by atoms with Gasteiger partial charge in [-0.15, -0.1) is 0 Å². The summed E-state index contributed by atoms with van der Waals surface area (Å²) in [6.45, 7) is -1.01. The van der Waals surface area contributed by atoms with Gasteiger partial charge in [-0.1, -0.05) is 12.1 Å². The average molecular weight is 517 g/mol. The molecule has 0 heterocycles. The Hall–Kier alpha value is -3.63. The largest absolute Gasteiger partial charge is 0.477 e. The number of thioether (sulfide) groups is 1. The number of ether oxygens (including phenoxy) is 1. The second kappa shape index (κ2) is 9.70. The van der Waals surface area contributed by atoms with Gasteiger partial charge in [-0.2, -0.15) is 30.7 Å². The van der Waals surface area contributed by atoms with Gasteiger partial charge in [0.25, 0.3) is 11.6 Å². The Morgan fingerprint density at radius 1 is 0.971 bits per heavy atom. The van der Waals surface area contributed by atoms with E-state index >= 15 is 0 Å². The molecule has 0 aliphatic heterocycles. The number of nitro benzene ring substituents is 2. The molecule has 2 aromatic rings. The summed E-state index contributed by atoms with van der Waals surface area (Å²) in [5.74, 6) is -8.11. The first-order valence-corrected chi connectivity index (χ1v) is 9.34. The van der Waals surface area contributed by atoms with Crippen molar-refractivity contribution in [3.8, 4) is 5.75 Å². The van der Waals surface area contributed by atoms with Crippen molar-refractivity contribution in [3.63, 3.8) is 0 Å². The van der Waals surface area contributed by atoms with Gasteiger partial charge in [0.2, 0.25) is 0 Å². The Morgan fingerprint density at radius 3 is 2.15 bits per heavy atom. The lowest BCUT2D eigenvalue weighted by molar-refractivity contribution is -0.394. The number of hydrogen-bond acceptors (Lipinski definition) is 7. The van der Waals surface area contributed by atoms with Crippen LogP contribution in [0.1, 0.15) is 0 Å². The van der Waals surface area contributed by atoms with Crippen molar-refractivity contribution in [3.05, 3.63) is 62.7 Å². The number of carbonyl (C=O) groups excluding carboxylic acids is 1. The first-order valence-electron chi connectivity index (χ1n) is 8.52. The molecule has 0 spiro atoms. The highest BCUT2D eigenvalue weighted by molar-refractivity contribution is 8.00. The van der Waals surface area contributed by atoms with Gasteiger partial charge >= 0.3 is 23.0 Å². The lowest BCUT2D eigenvalue weighted by Gasteiger charge is -2.28. The van der Waals surface area contributed by atoms with Crippen LogP contribution in [-0.2, 0) is 4.79 Å². The summed E-state index contributed by atoms with van der Waals surface area (Å²) in [6.07, 6.45) is -6.55. The topological polar surface area (TPSA) is 125 Å². The molecule has 9 nitrogen and oxygen atoms in total. The van der Waals surface area contributed by atoms with Crippen molar-refractivity contribution in [2.75, 3.05) is 11.9 Å². The van der Waals surface area contributed by atoms with Crippen molar-refractivity contribution in [2.24, 2.45) is 0 Å². The van der Waals surface area contributed by atoms with Gasteiger partial charge in [-0.05, 0) is 30.0 Å². The predicted octanol–water partition coefficient (Wildman–Crippen LogP) is 5.40. The molecule has 0 bridgehead atoms. The molecule has 0 saturated carbocycles. The van der Waals surface area contributed by atoms with E-state index in [4.69, 9.17) is 4.74 Å². The number of alkyl halides is 7. The molecule has 1 N–H and O–H groups in total. The molecule has 2 aromatic carbocycles. The predicted molar refractivity (Wildman–Crippen MR) is 102 cm³/mol. The van der Waals surface area contributed by atoms with E-state index in [0.29, 0.717) is 6.07 Å².